The molecule has 2 fully saturated rings. The Morgan fingerprint density at radius 3 is 2.71 bits per heavy atom. The van der Waals surface area contributed by atoms with E-state index in [1.807, 2.05) is 12.1 Å². The summed E-state index contributed by atoms with van der Waals surface area (Å²) >= 11 is 6.70. The van der Waals surface area contributed by atoms with Gasteiger partial charge in [-0.15, -0.1) is 0 Å². The molecular weight excluding hydrogens is 591 g/mol. The van der Waals surface area contributed by atoms with Gasteiger partial charge in [-0.05, 0) is 62.2 Å². The van der Waals surface area contributed by atoms with E-state index < -0.39 is 17.8 Å². The molecule has 0 N–H and O–H groups in total. The number of rotatable bonds is 9. The van der Waals surface area contributed by atoms with Crippen LogP contribution in [0.5, 0.6) is 6.01 Å². The minimum atomic E-state index is -0.998. The van der Waals surface area contributed by atoms with E-state index in [4.69, 9.17) is 26.3 Å². The first-order chi connectivity index (χ1) is 21.8. The van der Waals surface area contributed by atoms with Gasteiger partial charge >= 0.3 is 6.01 Å². The van der Waals surface area contributed by atoms with Crippen LogP contribution in [0.25, 0.3) is 10.8 Å². The van der Waals surface area contributed by atoms with Crippen molar-refractivity contribution < 1.29 is 13.9 Å². The van der Waals surface area contributed by atoms with Gasteiger partial charge in [0.15, 0.2) is 5.83 Å². The normalized spacial score (nSPS) is 20.3. The second-order valence-corrected chi connectivity index (χ2v) is 12.9. The number of nitriles is 1. The molecule has 3 heterocycles. The number of anilines is 1. The number of piperidine rings is 1. The van der Waals surface area contributed by atoms with Gasteiger partial charge in [-0.2, -0.15) is 15.2 Å². The third-order valence-electron chi connectivity index (χ3n) is 9.79. The van der Waals surface area contributed by atoms with Crippen molar-refractivity contribution in [2.45, 2.75) is 75.9 Å². The van der Waals surface area contributed by atoms with Crippen molar-refractivity contribution >= 4 is 34.0 Å². The molecule has 45 heavy (non-hydrogen) atoms. The Bertz CT molecular complexity index is 1610. The number of ether oxygens (including phenoxy) is 1. The largest absolute Gasteiger partial charge is 0.462 e. The number of hydrogen-bond donors (Lipinski definition) is 0. The molecule has 2 aliphatic heterocycles. The molecule has 1 saturated carbocycles. The molecule has 1 aliphatic carbocycles. The second kappa shape index (κ2) is 13.7. The molecule has 0 radical (unpaired) electrons. The van der Waals surface area contributed by atoms with Crippen LogP contribution >= 0.6 is 11.6 Å². The molecule has 1 aromatic heterocycles. The fourth-order valence-electron chi connectivity index (χ4n) is 7.41. The number of fused-ring (bicyclic) bond motifs is 2. The van der Waals surface area contributed by atoms with Crippen LogP contribution in [0.4, 0.5) is 10.1 Å². The van der Waals surface area contributed by atoms with Gasteiger partial charge in [0.05, 0.1) is 35.4 Å². The van der Waals surface area contributed by atoms with Crippen LogP contribution in [0.1, 0.15) is 67.8 Å². The van der Waals surface area contributed by atoms with Gasteiger partial charge in [-0.25, -0.2) is 4.39 Å². The monoisotopic (exact) mass is 630 g/mol. The highest BCUT2D eigenvalue weighted by molar-refractivity contribution is 6.36. The van der Waals surface area contributed by atoms with E-state index in [2.05, 4.69) is 53.8 Å². The van der Waals surface area contributed by atoms with Crippen molar-refractivity contribution in [3.05, 3.63) is 70.8 Å². The highest BCUT2D eigenvalue weighted by atomic mass is 35.5. The summed E-state index contributed by atoms with van der Waals surface area (Å²) in [6.07, 6.45) is 6.99. The van der Waals surface area contributed by atoms with E-state index in [-0.39, 0.29) is 12.3 Å². The average molecular weight is 631 g/mol. The molecule has 236 valence electrons. The number of likely N-dealkylation sites (tertiary alicyclic amines) is 1. The summed E-state index contributed by atoms with van der Waals surface area (Å²) in [6, 6.07) is 14.9. The number of amides is 1. The molecule has 0 bridgehead atoms. The molecule has 1 saturated heterocycles. The summed E-state index contributed by atoms with van der Waals surface area (Å²) in [4.78, 5) is 28.6. The van der Waals surface area contributed by atoms with Crippen molar-refractivity contribution in [3.63, 3.8) is 0 Å². The van der Waals surface area contributed by atoms with E-state index in [0.29, 0.717) is 49.6 Å². The second-order valence-electron chi connectivity index (χ2n) is 12.5. The zero-order chi connectivity index (χ0) is 31.5. The lowest BCUT2D eigenvalue weighted by molar-refractivity contribution is -0.132. The SMILES string of the molecule is C=C(F)C(=O)N1CC[C@@H](c2nc(OCCN(C)C3CCCC3)nc3c2CCN(c2cccc4cccc(Cl)c24)C3)C[C@@H]1CC#N. The maximum absolute atomic E-state index is 13.8. The zero-order valence-electron chi connectivity index (χ0n) is 25.9. The first-order valence-electron chi connectivity index (χ1n) is 16.0. The average Bonchev–Trinajstić information content (AvgIpc) is 3.59. The van der Waals surface area contributed by atoms with E-state index in [0.717, 1.165) is 52.9 Å². The van der Waals surface area contributed by atoms with Gasteiger partial charge in [0.1, 0.15) is 6.61 Å². The number of nitrogens with zero attached hydrogens (tertiary/aromatic N) is 6. The van der Waals surface area contributed by atoms with Crippen LogP contribution in [0, 0.1) is 11.3 Å². The Labute approximate surface area is 269 Å². The lowest BCUT2D eigenvalue weighted by atomic mass is 9.83. The Hall–Kier alpha value is -3.74. The predicted molar refractivity (Wildman–Crippen MR) is 174 cm³/mol. The number of likely N-dealkylation sites (N-methyl/N-ethyl adjacent to an activating group) is 1. The highest BCUT2D eigenvalue weighted by Crippen LogP contribution is 2.39. The minimum absolute atomic E-state index is 0.0147. The first-order valence-corrected chi connectivity index (χ1v) is 16.4. The number of carbonyl (C=O) groups excluding carboxylic acids is 1. The Morgan fingerprint density at radius 2 is 1.96 bits per heavy atom. The van der Waals surface area contributed by atoms with Crippen LogP contribution in [-0.2, 0) is 17.8 Å². The van der Waals surface area contributed by atoms with Gasteiger partial charge in [-0.3, -0.25) is 4.79 Å². The first kappa shape index (κ1) is 31.3. The van der Waals surface area contributed by atoms with Crippen molar-refractivity contribution in [1.82, 2.24) is 19.8 Å². The minimum Gasteiger partial charge on any atom is -0.462 e. The number of carbonyl (C=O) groups is 1. The summed E-state index contributed by atoms with van der Waals surface area (Å²) in [6.45, 7) is 6.15. The molecule has 2 atom stereocenters. The molecule has 2 aromatic carbocycles. The van der Waals surface area contributed by atoms with E-state index >= 15 is 0 Å². The van der Waals surface area contributed by atoms with Crippen LogP contribution in [-0.4, -0.2) is 71.0 Å². The molecule has 10 heteroatoms. The Balaban J connectivity index is 1.30. The van der Waals surface area contributed by atoms with Crippen molar-refractivity contribution in [1.29, 1.82) is 5.26 Å². The van der Waals surface area contributed by atoms with E-state index in [9.17, 15) is 14.4 Å². The van der Waals surface area contributed by atoms with Gasteiger partial charge in [0.25, 0.3) is 5.91 Å². The number of benzene rings is 2. The van der Waals surface area contributed by atoms with Gasteiger partial charge in [-0.1, -0.05) is 55.3 Å². The van der Waals surface area contributed by atoms with Gasteiger partial charge in [0, 0.05) is 48.7 Å². The molecule has 1 amide bonds. The fraction of sp³-hybridized carbons (Fsp3) is 0.486. The molecule has 3 aliphatic rings. The predicted octanol–water partition coefficient (Wildman–Crippen LogP) is 6.57. The van der Waals surface area contributed by atoms with E-state index in [1.165, 1.54) is 30.6 Å². The summed E-state index contributed by atoms with van der Waals surface area (Å²) in [5.74, 6) is -1.75. The van der Waals surface area contributed by atoms with Gasteiger partial charge < -0.3 is 19.4 Å². The molecule has 8 nitrogen and oxygen atoms in total. The van der Waals surface area contributed by atoms with Crippen molar-refractivity contribution in [3.8, 4) is 12.1 Å². The molecule has 0 unspecified atom stereocenters. The fourth-order valence-corrected chi connectivity index (χ4v) is 7.69. The molecule has 3 aromatic rings. The highest BCUT2D eigenvalue weighted by Gasteiger charge is 2.36. The maximum Gasteiger partial charge on any atom is 0.316 e. The summed E-state index contributed by atoms with van der Waals surface area (Å²) in [7, 11) is 2.15. The summed E-state index contributed by atoms with van der Waals surface area (Å²) in [5.41, 5.74) is 4.01. The quantitative estimate of drug-likeness (QED) is 0.247. The Morgan fingerprint density at radius 1 is 1.18 bits per heavy atom. The Kier molecular flexibility index (Phi) is 9.53. The molecule has 0 spiro atoms. The topological polar surface area (TPSA) is 85.6 Å². The smallest absolute Gasteiger partial charge is 0.316 e. The van der Waals surface area contributed by atoms with E-state index in [1.54, 1.807) is 0 Å². The standard InChI is InChI=1S/C35H40ClFN6O2/c1-23(37)34(44)43-18-14-25(21-27(43)13-16-38)33-28-15-17-42(31-12-6-8-24-7-5-11-29(36)32(24)31)22-30(28)39-35(40-33)45-20-19-41(2)26-9-3-4-10-26/h5-8,11-12,25-27H,1,3-4,9-10,13-15,17-22H2,2H3/t25-,27+/m1/s1. The third-order valence-corrected chi connectivity index (χ3v) is 10.1. The van der Waals surface area contributed by atoms with Crippen molar-refractivity contribution in [2.24, 2.45) is 0 Å². The molecule has 6 rings (SSSR count). The van der Waals surface area contributed by atoms with Crippen LogP contribution in [0.2, 0.25) is 5.02 Å². The number of hydrogen-bond acceptors (Lipinski definition) is 7. The van der Waals surface area contributed by atoms with Crippen LogP contribution in [0.3, 0.4) is 0 Å². The van der Waals surface area contributed by atoms with Crippen LogP contribution in [0.15, 0.2) is 48.8 Å². The lowest BCUT2D eigenvalue weighted by Crippen LogP contribution is -2.46. The lowest BCUT2D eigenvalue weighted by Gasteiger charge is -2.39. The van der Waals surface area contributed by atoms with Crippen molar-refractivity contribution in [2.75, 3.05) is 38.2 Å². The third kappa shape index (κ3) is 6.63. The number of halogens is 2. The van der Waals surface area contributed by atoms with Gasteiger partial charge in [0.2, 0.25) is 0 Å². The molecular formula is C35H40ClFN6O2. The zero-order valence-corrected chi connectivity index (χ0v) is 26.6. The van der Waals surface area contributed by atoms with Crippen LogP contribution < -0.4 is 9.64 Å². The number of aromatic nitrogens is 2. The summed E-state index contributed by atoms with van der Waals surface area (Å²) < 4.78 is 20.1. The summed E-state index contributed by atoms with van der Waals surface area (Å²) in [5, 5.41) is 12.4. The maximum atomic E-state index is 13.8.